The van der Waals surface area contributed by atoms with Crippen LogP contribution in [0.5, 0.6) is 0 Å². The summed E-state index contributed by atoms with van der Waals surface area (Å²) in [5.74, 6) is -19.3. The van der Waals surface area contributed by atoms with Gasteiger partial charge in [-0.05, 0) is 18.6 Å². The van der Waals surface area contributed by atoms with Gasteiger partial charge >= 0.3 is 33.1 Å². The van der Waals surface area contributed by atoms with Gasteiger partial charge in [-0.15, -0.1) is 0 Å². The van der Waals surface area contributed by atoms with Crippen LogP contribution in [0, 0.1) is 0 Å². The summed E-state index contributed by atoms with van der Waals surface area (Å²) in [6.45, 7) is 1.48. The van der Waals surface area contributed by atoms with Gasteiger partial charge in [-0.25, -0.2) is 0 Å². The Hall–Kier alpha value is -1.50. The molecule has 0 saturated heterocycles. The molecule has 0 aromatic carbocycles. The molecule has 0 aliphatic rings. The van der Waals surface area contributed by atoms with Crippen molar-refractivity contribution < 1.29 is 48.1 Å². The summed E-state index contributed by atoms with van der Waals surface area (Å²) < 4.78 is 132. The van der Waals surface area contributed by atoms with E-state index < -0.39 is 46.0 Å². The molecule has 0 amide bonds. The number of unbranched alkanes of at least 4 members (excludes halogenated alkanes) is 2. The van der Waals surface area contributed by atoms with Crippen molar-refractivity contribution in [3.63, 3.8) is 0 Å². The van der Waals surface area contributed by atoms with Crippen LogP contribution in [0.4, 0.5) is 35.1 Å². The number of alkyl halides is 8. The summed E-state index contributed by atoms with van der Waals surface area (Å²) in [7, 11) is -7.03. The first-order chi connectivity index (χ1) is 12.1. The summed E-state index contributed by atoms with van der Waals surface area (Å²) >= 11 is 0. The molecule has 158 valence electrons. The lowest BCUT2D eigenvalue weighted by Gasteiger charge is -2.35. The molecule has 0 bridgehead atoms. The average Bonchev–Trinajstić information content (AvgIpc) is 2.55. The molecule has 1 aromatic rings. The maximum atomic E-state index is 13.1. The zero-order chi connectivity index (χ0) is 21.6. The van der Waals surface area contributed by atoms with Crippen LogP contribution in [0.3, 0.4) is 0 Å². The number of hydrogen-bond acceptors (Lipinski definition) is 3. The van der Waals surface area contributed by atoms with Gasteiger partial charge in [0.15, 0.2) is 0 Å². The largest absolute Gasteiger partial charge is 0.438 e. The zero-order valence-corrected chi connectivity index (χ0v) is 14.7. The van der Waals surface area contributed by atoms with Crippen molar-refractivity contribution in [3.05, 3.63) is 30.6 Å². The standard InChI is InChI=1S/C9H12F8O3S.C5H5N/c1-2-3-4-5-6(10,11)7(12,13)8(14,15)9(16,17)21(18,19)20;1-2-4-6-5-3-1/h2-5H2,1H3,(H,18,19,20);1-5H. The maximum Gasteiger partial charge on any atom is 0.438 e. The molecule has 1 aromatic heterocycles. The first-order valence-electron chi connectivity index (χ1n) is 7.39. The van der Waals surface area contributed by atoms with E-state index in [1.165, 1.54) is 6.92 Å². The third-order valence-electron chi connectivity index (χ3n) is 3.20. The SMILES string of the molecule is CCCCCC(F)(F)C(F)(F)C(F)(F)C(F)(F)S(=O)(=O)O.c1ccncc1. The van der Waals surface area contributed by atoms with Gasteiger partial charge in [0.2, 0.25) is 0 Å². The molecule has 0 aliphatic carbocycles. The fourth-order valence-corrected chi connectivity index (χ4v) is 2.09. The molecule has 1 N–H and O–H groups in total. The number of hydrogen-bond donors (Lipinski definition) is 1. The Bertz CT molecular complexity index is 641. The zero-order valence-electron chi connectivity index (χ0n) is 13.9. The lowest BCUT2D eigenvalue weighted by molar-refractivity contribution is -0.349. The normalized spacial score (nSPS) is 13.7. The molecule has 0 fully saturated rings. The molecule has 1 rings (SSSR count). The Labute approximate surface area is 150 Å². The van der Waals surface area contributed by atoms with E-state index in [-0.39, 0.29) is 12.8 Å². The van der Waals surface area contributed by atoms with Gasteiger partial charge in [0, 0.05) is 18.8 Å². The summed E-state index contributed by atoms with van der Waals surface area (Å²) in [4.78, 5) is 3.78. The highest BCUT2D eigenvalue weighted by atomic mass is 32.2. The molecule has 0 atom stereocenters. The predicted molar refractivity (Wildman–Crippen MR) is 79.7 cm³/mol. The lowest BCUT2D eigenvalue weighted by Crippen LogP contribution is -2.64. The molecule has 13 heteroatoms. The minimum absolute atomic E-state index is 0.0497. The number of halogens is 8. The monoisotopic (exact) mass is 431 g/mol. The van der Waals surface area contributed by atoms with Crippen molar-refractivity contribution in [2.75, 3.05) is 0 Å². The molecular formula is C14H17F8NO3S. The van der Waals surface area contributed by atoms with E-state index in [1.54, 1.807) is 12.4 Å². The highest BCUT2D eigenvalue weighted by Crippen LogP contribution is 2.55. The fraction of sp³-hybridized carbons (Fsp3) is 0.643. The van der Waals surface area contributed by atoms with Crippen LogP contribution in [-0.2, 0) is 10.1 Å². The molecule has 0 saturated carbocycles. The quantitative estimate of drug-likeness (QED) is 0.356. The summed E-state index contributed by atoms with van der Waals surface area (Å²) in [6, 6.07) is 5.72. The number of rotatable bonds is 8. The lowest BCUT2D eigenvalue weighted by atomic mass is 9.99. The molecule has 0 radical (unpaired) electrons. The summed E-state index contributed by atoms with van der Waals surface area (Å²) in [5, 5.41) is -6.77. The third-order valence-corrected chi connectivity index (χ3v) is 4.11. The van der Waals surface area contributed by atoms with Gasteiger partial charge in [0.05, 0.1) is 0 Å². The van der Waals surface area contributed by atoms with Gasteiger partial charge in [-0.3, -0.25) is 9.54 Å². The van der Waals surface area contributed by atoms with Gasteiger partial charge in [0.1, 0.15) is 0 Å². The highest BCUT2D eigenvalue weighted by Gasteiger charge is 2.84. The van der Waals surface area contributed by atoms with Crippen LogP contribution in [-0.4, -0.2) is 41.0 Å². The number of pyridine rings is 1. The topological polar surface area (TPSA) is 67.3 Å². The first kappa shape index (κ1) is 25.5. The van der Waals surface area contributed by atoms with Crippen molar-refractivity contribution in [2.24, 2.45) is 0 Å². The third kappa shape index (κ3) is 5.74. The molecule has 4 nitrogen and oxygen atoms in total. The van der Waals surface area contributed by atoms with E-state index in [2.05, 4.69) is 4.98 Å². The average molecular weight is 431 g/mol. The van der Waals surface area contributed by atoms with E-state index in [0.717, 1.165) is 0 Å². The molecule has 27 heavy (non-hydrogen) atoms. The summed E-state index contributed by atoms with van der Waals surface area (Å²) in [6.07, 6.45) is 1.21. The predicted octanol–water partition coefficient (Wildman–Crippen LogP) is 5.03. The van der Waals surface area contributed by atoms with Crippen LogP contribution in [0.15, 0.2) is 30.6 Å². The van der Waals surface area contributed by atoms with E-state index in [4.69, 9.17) is 4.55 Å². The van der Waals surface area contributed by atoms with Crippen LogP contribution in [0.1, 0.15) is 32.6 Å². The minimum Gasteiger partial charge on any atom is -0.281 e. The second-order valence-electron chi connectivity index (χ2n) is 5.33. The smallest absolute Gasteiger partial charge is 0.281 e. The Morgan fingerprint density at radius 2 is 1.33 bits per heavy atom. The Kier molecular flexibility index (Phi) is 8.62. The van der Waals surface area contributed by atoms with Gasteiger partial charge in [-0.2, -0.15) is 43.5 Å². The number of aromatic nitrogens is 1. The van der Waals surface area contributed by atoms with Crippen molar-refractivity contribution in [1.29, 1.82) is 0 Å². The molecule has 1 heterocycles. The van der Waals surface area contributed by atoms with Crippen LogP contribution in [0.25, 0.3) is 0 Å². The van der Waals surface area contributed by atoms with E-state index in [0.29, 0.717) is 0 Å². The second kappa shape index (κ2) is 9.13. The van der Waals surface area contributed by atoms with E-state index in [1.807, 2.05) is 18.2 Å². The van der Waals surface area contributed by atoms with Gasteiger partial charge in [-0.1, -0.05) is 25.8 Å². The highest BCUT2D eigenvalue weighted by molar-refractivity contribution is 7.87. The molecule has 0 spiro atoms. The van der Waals surface area contributed by atoms with Crippen LogP contribution >= 0.6 is 0 Å². The molecule has 0 aliphatic heterocycles. The van der Waals surface area contributed by atoms with Crippen molar-refractivity contribution in [2.45, 2.75) is 55.6 Å². The van der Waals surface area contributed by atoms with Crippen molar-refractivity contribution in [1.82, 2.24) is 4.98 Å². The van der Waals surface area contributed by atoms with E-state index >= 15 is 0 Å². The summed E-state index contributed by atoms with van der Waals surface area (Å²) in [5.41, 5.74) is 0. The van der Waals surface area contributed by atoms with Crippen LogP contribution < -0.4 is 0 Å². The van der Waals surface area contributed by atoms with Crippen molar-refractivity contribution in [3.8, 4) is 0 Å². The second-order valence-corrected chi connectivity index (χ2v) is 6.79. The maximum absolute atomic E-state index is 13.1. The van der Waals surface area contributed by atoms with Gasteiger partial charge in [0.25, 0.3) is 0 Å². The first-order valence-corrected chi connectivity index (χ1v) is 8.83. The Morgan fingerprint density at radius 3 is 1.63 bits per heavy atom. The minimum atomic E-state index is -7.03. The number of nitrogens with zero attached hydrogens (tertiary/aromatic N) is 1. The Morgan fingerprint density at radius 1 is 0.852 bits per heavy atom. The van der Waals surface area contributed by atoms with Crippen molar-refractivity contribution >= 4 is 10.1 Å². The van der Waals surface area contributed by atoms with E-state index in [9.17, 15) is 43.5 Å². The molecule has 0 unspecified atom stereocenters. The van der Waals surface area contributed by atoms with Crippen LogP contribution in [0.2, 0.25) is 0 Å². The fourth-order valence-electron chi connectivity index (χ4n) is 1.64. The van der Waals surface area contributed by atoms with Gasteiger partial charge < -0.3 is 0 Å². The Balaban J connectivity index is 0.000000941. The molecular weight excluding hydrogens is 414 g/mol.